The number of thiophene rings is 1. The van der Waals surface area contributed by atoms with Crippen LogP contribution in [0.5, 0.6) is 11.5 Å². The summed E-state index contributed by atoms with van der Waals surface area (Å²) in [5.41, 5.74) is 2.26. The summed E-state index contributed by atoms with van der Waals surface area (Å²) in [6, 6.07) is 7.62. The average molecular weight is 360 g/mol. The Labute approximate surface area is 152 Å². The number of benzene rings is 1. The summed E-state index contributed by atoms with van der Waals surface area (Å²) in [4.78, 5) is 16.1. The molecule has 2 aromatic rings. The number of hydrogen-bond donors (Lipinski definition) is 1. The van der Waals surface area contributed by atoms with E-state index in [4.69, 9.17) is 9.47 Å². The molecule has 6 heteroatoms. The van der Waals surface area contributed by atoms with E-state index >= 15 is 0 Å². The fraction of sp³-hybridized carbons (Fsp3) is 0.421. The van der Waals surface area contributed by atoms with E-state index in [9.17, 15) is 4.79 Å². The molecular formula is C19H24N2O3S. The summed E-state index contributed by atoms with van der Waals surface area (Å²) in [5, 5.41) is 5.20. The van der Waals surface area contributed by atoms with Gasteiger partial charge in [-0.1, -0.05) is 0 Å². The van der Waals surface area contributed by atoms with Gasteiger partial charge in [-0.3, -0.25) is 9.69 Å². The lowest BCUT2D eigenvalue weighted by atomic mass is 10.1. The SMILES string of the molecule is COc1ccc(OC)c(C(C)NC(=O)CN2CCc3sccc3C2)c1. The molecule has 0 spiro atoms. The Balaban J connectivity index is 1.61. The molecule has 0 bridgehead atoms. The van der Waals surface area contributed by atoms with Gasteiger partial charge in [0.2, 0.25) is 5.91 Å². The number of ether oxygens (including phenoxy) is 2. The standard InChI is InChI=1S/C19H24N2O3S/c1-13(16-10-15(23-2)4-5-17(16)24-3)20-19(22)12-21-8-6-18-14(11-21)7-9-25-18/h4-5,7,9-10,13H,6,8,11-12H2,1-3H3,(H,20,22). The summed E-state index contributed by atoms with van der Waals surface area (Å²) in [6.07, 6.45) is 1.03. The van der Waals surface area contributed by atoms with E-state index in [0.29, 0.717) is 6.54 Å². The van der Waals surface area contributed by atoms with Gasteiger partial charge in [-0.25, -0.2) is 0 Å². The van der Waals surface area contributed by atoms with Crippen molar-refractivity contribution >= 4 is 17.2 Å². The van der Waals surface area contributed by atoms with Crippen molar-refractivity contribution in [3.63, 3.8) is 0 Å². The fourth-order valence-corrected chi connectivity index (χ4v) is 4.08. The van der Waals surface area contributed by atoms with Gasteiger partial charge in [0.05, 0.1) is 26.8 Å². The van der Waals surface area contributed by atoms with Gasteiger partial charge in [0.15, 0.2) is 0 Å². The van der Waals surface area contributed by atoms with Crippen LogP contribution in [0.15, 0.2) is 29.6 Å². The molecule has 0 fully saturated rings. The van der Waals surface area contributed by atoms with E-state index < -0.39 is 0 Å². The average Bonchev–Trinajstić information content (AvgIpc) is 3.08. The van der Waals surface area contributed by atoms with E-state index in [1.165, 1.54) is 10.4 Å². The highest BCUT2D eigenvalue weighted by Crippen LogP contribution is 2.29. The van der Waals surface area contributed by atoms with Crippen molar-refractivity contribution < 1.29 is 14.3 Å². The predicted octanol–water partition coefficient (Wildman–Crippen LogP) is 3.00. The first-order valence-electron chi connectivity index (χ1n) is 8.39. The van der Waals surface area contributed by atoms with Crippen molar-refractivity contribution in [2.45, 2.75) is 25.9 Å². The zero-order chi connectivity index (χ0) is 17.8. The third-order valence-electron chi connectivity index (χ3n) is 4.53. The van der Waals surface area contributed by atoms with Crippen LogP contribution in [0.4, 0.5) is 0 Å². The Morgan fingerprint density at radius 2 is 2.16 bits per heavy atom. The summed E-state index contributed by atoms with van der Waals surface area (Å²) in [7, 11) is 3.26. The van der Waals surface area contributed by atoms with Gasteiger partial charge in [-0.2, -0.15) is 0 Å². The van der Waals surface area contributed by atoms with Crippen LogP contribution in [0.1, 0.15) is 29.0 Å². The first-order valence-corrected chi connectivity index (χ1v) is 9.27. The van der Waals surface area contributed by atoms with E-state index in [1.807, 2.05) is 36.5 Å². The Kier molecular flexibility index (Phi) is 5.60. The second-order valence-electron chi connectivity index (χ2n) is 6.23. The lowest BCUT2D eigenvalue weighted by Gasteiger charge is -2.27. The van der Waals surface area contributed by atoms with Crippen LogP contribution in [0.3, 0.4) is 0 Å². The molecule has 1 unspecified atom stereocenters. The number of nitrogens with zero attached hydrogens (tertiary/aromatic N) is 1. The maximum atomic E-state index is 12.5. The molecular weight excluding hydrogens is 336 g/mol. The minimum Gasteiger partial charge on any atom is -0.497 e. The van der Waals surface area contributed by atoms with Gasteiger partial charge in [-0.05, 0) is 48.6 Å². The van der Waals surface area contributed by atoms with Crippen molar-refractivity contribution in [1.82, 2.24) is 10.2 Å². The smallest absolute Gasteiger partial charge is 0.234 e. The Morgan fingerprint density at radius 3 is 2.92 bits per heavy atom. The molecule has 5 nitrogen and oxygen atoms in total. The molecule has 0 saturated carbocycles. The molecule has 1 amide bonds. The molecule has 1 aromatic heterocycles. The first-order chi connectivity index (χ1) is 12.1. The van der Waals surface area contributed by atoms with Gasteiger partial charge in [0.1, 0.15) is 11.5 Å². The second kappa shape index (κ2) is 7.89. The van der Waals surface area contributed by atoms with Crippen LogP contribution >= 0.6 is 11.3 Å². The number of methoxy groups -OCH3 is 2. The molecule has 2 heterocycles. The zero-order valence-electron chi connectivity index (χ0n) is 14.9. The highest BCUT2D eigenvalue weighted by molar-refractivity contribution is 7.10. The van der Waals surface area contributed by atoms with Crippen LogP contribution in [0, 0.1) is 0 Å². The van der Waals surface area contributed by atoms with Gasteiger partial charge in [0, 0.05) is 23.5 Å². The van der Waals surface area contributed by atoms with Crippen molar-refractivity contribution in [1.29, 1.82) is 0 Å². The molecule has 0 radical (unpaired) electrons. The van der Waals surface area contributed by atoms with Crippen LogP contribution in [-0.2, 0) is 17.8 Å². The predicted molar refractivity (Wildman–Crippen MR) is 99.4 cm³/mol. The van der Waals surface area contributed by atoms with E-state index in [0.717, 1.165) is 36.6 Å². The number of carbonyl (C=O) groups is 1. The highest BCUT2D eigenvalue weighted by atomic mass is 32.1. The minimum absolute atomic E-state index is 0.0241. The number of carbonyl (C=O) groups excluding carboxylic acids is 1. The third-order valence-corrected chi connectivity index (χ3v) is 5.56. The normalized spacial score (nSPS) is 15.3. The van der Waals surface area contributed by atoms with Gasteiger partial charge < -0.3 is 14.8 Å². The Bertz CT molecular complexity index is 744. The van der Waals surface area contributed by atoms with Gasteiger partial charge >= 0.3 is 0 Å². The molecule has 0 saturated heterocycles. The lowest BCUT2D eigenvalue weighted by Crippen LogP contribution is -2.40. The topological polar surface area (TPSA) is 50.8 Å². The molecule has 134 valence electrons. The molecule has 1 aliphatic rings. The van der Waals surface area contributed by atoms with Crippen molar-refractivity contribution in [3.8, 4) is 11.5 Å². The van der Waals surface area contributed by atoms with E-state index in [-0.39, 0.29) is 11.9 Å². The summed E-state index contributed by atoms with van der Waals surface area (Å²) in [5.74, 6) is 1.52. The summed E-state index contributed by atoms with van der Waals surface area (Å²) >= 11 is 1.81. The second-order valence-corrected chi connectivity index (χ2v) is 7.23. The van der Waals surface area contributed by atoms with Crippen molar-refractivity contribution in [3.05, 3.63) is 45.6 Å². The fourth-order valence-electron chi connectivity index (χ4n) is 3.19. The molecule has 3 rings (SSSR count). The number of fused-ring (bicyclic) bond motifs is 1. The highest BCUT2D eigenvalue weighted by Gasteiger charge is 2.21. The van der Waals surface area contributed by atoms with Crippen LogP contribution in [-0.4, -0.2) is 38.1 Å². The molecule has 25 heavy (non-hydrogen) atoms. The van der Waals surface area contributed by atoms with Gasteiger partial charge in [-0.15, -0.1) is 11.3 Å². The van der Waals surface area contributed by atoms with Gasteiger partial charge in [0.25, 0.3) is 0 Å². The molecule has 1 N–H and O–H groups in total. The third kappa shape index (κ3) is 4.14. The van der Waals surface area contributed by atoms with E-state index in [1.54, 1.807) is 14.2 Å². The summed E-state index contributed by atoms with van der Waals surface area (Å²) < 4.78 is 10.7. The number of amides is 1. The van der Waals surface area contributed by atoms with Crippen molar-refractivity contribution in [2.24, 2.45) is 0 Å². The largest absolute Gasteiger partial charge is 0.497 e. The molecule has 1 atom stereocenters. The lowest BCUT2D eigenvalue weighted by molar-refractivity contribution is -0.123. The molecule has 1 aliphatic heterocycles. The monoisotopic (exact) mass is 360 g/mol. The summed E-state index contributed by atoms with van der Waals surface area (Å²) in [6.45, 7) is 4.15. The molecule has 1 aromatic carbocycles. The first kappa shape index (κ1) is 17.8. The quantitative estimate of drug-likeness (QED) is 0.860. The number of nitrogens with one attached hydrogen (secondary N) is 1. The maximum Gasteiger partial charge on any atom is 0.234 e. The van der Waals surface area contributed by atoms with Crippen LogP contribution < -0.4 is 14.8 Å². The van der Waals surface area contributed by atoms with Crippen LogP contribution in [0.25, 0.3) is 0 Å². The number of rotatable bonds is 6. The van der Waals surface area contributed by atoms with Crippen molar-refractivity contribution in [2.75, 3.05) is 27.3 Å². The molecule has 0 aliphatic carbocycles. The van der Waals surface area contributed by atoms with Crippen LogP contribution in [0.2, 0.25) is 0 Å². The van der Waals surface area contributed by atoms with E-state index in [2.05, 4.69) is 21.7 Å². The zero-order valence-corrected chi connectivity index (χ0v) is 15.7. The minimum atomic E-state index is -0.154. The number of hydrogen-bond acceptors (Lipinski definition) is 5. The Hall–Kier alpha value is -2.05. The maximum absolute atomic E-state index is 12.5. The Morgan fingerprint density at radius 1 is 1.32 bits per heavy atom.